The maximum atomic E-state index is 15.2. The van der Waals surface area contributed by atoms with Crippen LogP contribution in [0.2, 0.25) is 0 Å². The minimum Gasteiger partial charge on any atom is -0.507 e. The Morgan fingerprint density at radius 2 is 1.78 bits per heavy atom. The zero-order valence-corrected chi connectivity index (χ0v) is 24.2. The number of phenolic OH excluding ortho intramolecular Hbond substituents is 2. The Morgan fingerprint density at radius 1 is 1.09 bits per heavy atom. The van der Waals surface area contributed by atoms with Crippen molar-refractivity contribution in [2.24, 2.45) is 5.73 Å². The number of benzene rings is 2. The van der Waals surface area contributed by atoms with E-state index >= 15 is 4.39 Å². The zero-order chi connectivity index (χ0) is 33.0. The summed E-state index contributed by atoms with van der Waals surface area (Å²) in [4.78, 5) is 52.5. The van der Waals surface area contributed by atoms with Gasteiger partial charge in [-0.15, -0.1) is 0 Å². The van der Waals surface area contributed by atoms with E-state index in [4.69, 9.17) is 24.7 Å². The molecule has 2 aliphatic carbocycles. The number of aliphatic hydroxyl groups excluding tert-OH is 2. The van der Waals surface area contributed by atoms with Gasteiger partial charge in [0.15, 0.2) is 24.9 Å². The van der Waals surface area contributed by atoms with Crippen LogP contribution in [0.4, 0.5) is 4.39 Å². The number of phenols is 2. The number of methoxy groups -OCH3 is 1. The minimum atomic E-state index is -2.48. The summed E-state index contributed by atoms with van der Waals surface area (Å²) in [5.74, 6) is -5.33. The third-order valence-electron chi connectivity index (χ3n) is 8.37. The molecule has 15 heteroatoms. The molecule has 0 saturated carbocycles. The summed E-state index contributed by atoms with van der Waals surface area (Å²) in [7, 11) is 1.27. The average Bonchev–Trinajstić information content (AvgIpc) is 3.01. The van der Waals surface area contributed by atoms with E-state index in [2.05, 4.69) is 0 Å². The van der Waals surface area contributed by atoms with E-state index in [1.807, 2.05) is 0 Å². The van der Waals surface area contributed by atoms with Crippen LogP contribution < -0.4 is 10.5 Å². The second-order valence-electron chi connectivity index (χ2n) is 11.2. The quantitative estimate of drug-likeness (QED) is 0.140. The molecule has 2 aromatic rings. The van der Waals surface area contributed by atoms with Gasteiger partial charge in [0.1, 0.15) is 35.1 Å². The number of halogens is 1. The number of hydrogen-bond donors (Lipinski definition) is 6. The standard InChI is InChI=1S/C30H32FNO13/c1-11-23(35)28(40)22(31)29(44-11)45-15-9-30(41,16(33)10-43-17(34)6-7-32)8-13-19(15)27(39)21-20(25(13)37)24(36)12-4-3-5-14(42-2)18(12)26(21)38/h3-5,11,15,22-23,28-29,35,37,39-41H,6-10,32H2,1-2H3/t11?,15?,22?,23?,28?,29?,30-/m0/s1. The smallest absolute Gasteiger partial charge is 0.307 e. The molecule has 7 atom stereocenters. The lowest BCUT2D eigenvalue weighted by atomic mass is 9.72. The van der Waals surface area contributed by atoms with Crippen molar-refractivity contribution in [3.63, 3.8) is 0 Å². The van der Waals surface area contributed by atoms with Crippen LogP contribution in [0.25, 0.3) is 0 Å². The normalized spacial score (nSPS) is 29.0. The van der Waals surface area contributed by atoms with Crippen LogP contribution in [0.3, 0.4) is 0 Å². The number of esters is 1. The molecule has 7 N–H and O–H groups in total. The summed E-state index contributed by atoms with van der Waals surface area (Å²) in [5, 5.41) is 54.8. The Balaban J connectivity index is 1.64. The number of Topliss-reactive ketones (excluding diaryl/α,β-unsaturated/α-hetero) is 1. The van der Waals surface area contributed by atoms with Crippen molar-refractivity contribution < 1.29 is 68.0 Å². The highest BCUT2D eigenvalue weighted by molar-refractivity contribution is 6.31. The lowest BCUT2D eigenvalue weighted by molar-refractivity contribution is -0.294. The highest BCUT2D eigenvalue weighted by Crippen LogP contribution is 2.52. The largest absolute Gasteiger partial charge is 0.507 e. The van der Waals surface area contributed by atoms with Crippen molar-refractivity contribution in [2.75, 3.05) is 20.3 Å². The fourth-order valence-electron chi connectivity index (χ4n) is 5.98. The van der Waals surface area contributed by atoms with Crippen LogP contribution in [0.1, 0.15) is 68.8 Å². The maximum absolute atomic E-state index is 15.2. The highest BCUT2D eigenvalue weighted by Gasteiger charge is 2.52. The monoisotopic (exact) mass is 633 g/mol. The fraction of sp³-hybridized carbons (Fsp3) is 0.467. The summed E-state index contributed by atoms with van der Waals surface area (Å²) in [6.45, 7) is 0.341. The van der Waals surface area contributed by atoms with Crippen LogP contribution in [-0.4, -0.2) is 105 Å². The van der Waals surface area contributed by atoms with Gasteiger partial charge in [0.05, 0.1) is 42.4 Å². The van der Waals surface area contributed by atoms with Gasteiger partial charge in [-0.3, -0.25) is 19.2 Å². The Kier molecular flexibility index (Phi) is 8.70. The molecule has 0 radical (unpaired) electrons. The number of aliphatic hydroxyl groups is 3. The number of carbonyl (C=O) groups excluding carboxylic acids is 4. The molecule has 1 aliphatic heterocycles. The molecule has 1 saturated heterocycles. The first-order chi connectivity index (χ1) is 21.2. The third kappa shape index (κ3) is 5.34. The predicted octanol–water partition coefficient (Wildman–Crippen LogP) is -0.117. The third-order valence-corrected chi connectivity index (χ3v) is 8.37. The average molecular weight is 634 g/mol. The number of carbonyl (C=O) groups is 4. The first-order valence-corrected chi connectivity index (χ1v) is 14.0. The van der Waals surface area contributed by atoms with Gasteiger partial charge in [-0.2, -0.15) is 0 Å². The molecule has 242 valence electrons. The maximum Gasteiger partial charge on any atom is 0.307 e. The van der Waals surface area contributed by atoms with Crippen LogP contribution in [0.15, 0.2) is 18.2 Å². The van der Waals surface area contributed by atoms with Gasteiger partial charge in [0.25, 0.3) is 0 Å². The van der Waals surface area contributed by atoms with Gasteiger partial charge in [-0.05, 0) is 13.0 Å². The molecule has 0 bridgehead atoms. The van der Waals surface area contributed by atoms with E-state index < -0.39 is 108 Å². The number of aromatic hydroxyl groups is 2. The Hall–Kier alpha value is -3.99. The molecule has 3 aliphatic rings. The number of ketones is 3. The van der Waals surface area contributed by atoms with Gasteiger partial charge < -0.3 is 50.2 Å². The van der Waals surface area contributed by atoms with Crippen molar-refractivity contribution in [1.29, 1.82) is 0 Å². The minimum absolute atomic E-state index is 0.0162. The lowest BCUT2D eigenvalue weighted by Crippen LogP contribution is -2.56. The van der Waals surface area contributed by atoms with Crippen LogP contribution in [-0.2, 0) is 30.2 Å². The van der Waals surface area contributed by atoms with Gasteiger partial charge in [-0.25, -0.2) is 4.39 Å². The van der Waals surface area contributed by atoms with E-state index in [-0.39, 0.29) is 41.0 Å². The predicted molar refractivity (Wildman–Crippen MR) is 148 cm³/mol. The molecule has 14 nitrogen and oxygen atoms in total. The zero-order valence-electron chi connectivity index (χ0n) is 24.2. The molecule has 5 rings (SSSR count). The summed E-state index contributed by atoms with van der Waals surface area (Å²) < 4.78 is 36.5. The molecule has 0 spiro atoms. The Bertz CT molecular complexity index is 1580. The Morgan fingerprint density at radius 3 is 2.44 bits per heavy atom. The van der Waals surface area contributed by atoms with Gasteiger partial charge in [0, 0.05) is 36.1 Å². The van der Waals surface area contributed by atoms with Crippen molar-refractivity contribution in [1.82, 2.24) is 0 Å². The van der Waals surface area contributed by atoms with E-state index in [1.165, 1.54) is 32.2 Å². The van der Waals surface area contributed by atoms with Crippen LogP contribution in [0, 0.1) is 0 Å². The number of fused-ring (bicyclic) bond motifs is 3. The summed E-state index contributed by atoms with van der Waals surface area (Å²) >= 11 is 0. The summed E-state index contributed by atoms with van der Waals surface area (Å²) in [6.07, 6.45) is -12.4. The molecule has 0 aromatic heterocycles. The fourth-order valence-corrected chi connectivity index (χ4v) is 5.98. The SMILES string of the molecule is COc1cccc2c1C(=O)c1c(O)c3c(c(O)c1C2=O)C[C@@](O)(C(=O)COC(=O)CCN)CC3OC1OC(C)C(O)C(O)C1F. The molecule has 1 heterocycles. The Labute approximate surface area is 255 Å². The second kappa shape index (κ2) is 12.1. The van der Waals surface area contributed by atoms with E-state index in [0.717, 1.165) is 0 Å². The van der Waals surface area contributed by atoms with Crippen LogP contribution >= 0.6 is 0 Å². The number of nitrogens with two attached hydrogens (primary N) is 1. The van der Waals surface area contributed by atoms with Gasteiger partial charge in [-0.1, -0.05) is 12.1 Å². The summed E-state index contributed by atoms with van der Waals surface area (Å²) in [6, 6.07) is 4.19. The molecule has 2 aromatic carbocycles. The van der Waals surface area contributed by atoms with Crippen molar-refractivity contribution in [3.05, 3.63) is 51.6 Å². The van der Waals surface area contributed by atoms with Crippen molar-refractivity contribution in [3.8, 4) is 17.2 Å². The number of ether oxygens (including phenoxy) is 4. The highest BCUT2D eigenvalue weighted by atomic mass is 19.1. The van der Waals surface area contributed by atoms with Crippen molar-refractivity contribution >= 4 is 23.3 Å². The second-order valence-corrected chi connectivity index (χ2v) is 11.2. The molecule has 0 amide bonds. The molecular formula is C30H32FNO13. The molecular weight excluding hydrogens is 601 g/mol. The number of alkyl halides is 1. The molecule has 6 unspecified atom stereocenters. The number of rotatable bonds is 8. The van der Waals surface area contributed by atoms with E-state index in [0.29, 0.717) is 0 Å². The first kappa shape index (κ1) is 32.4. The summed E-state index contributed by atoms with van der Waals surface area (Å²) in [5.41, 5.74) is 0.571. The van der Waals surface area contributed by atoms with Gasteiger partial charge in [0.2, 0.25) is 11.6 Å². The lowest BCUT2D eigenvalue weighted by Gasteiger charge is -2.43. The topological polar surface area (TPSA) is 232 Å². The molecule has 45 heavy (non-hydrogen) atoms. The van der Waals surface area contributed by atoms with E-state index in [1.54, 1.807) is 0 Å². The van der Waals surface area contributed by atoms with E-state index in [9.17, 15) is 44.7 Å². The molecule has 1 fully saturated rings. The number of hydrogen-bond acceptors (Lipinski definition) is 14. The van der Waals surface area contributed by atoms with Gasteiger partial charge >= 0.3 is 5.97 Å². The van der Waals surface area contributed by atoms with Crippen molar-refractivity contribution in [2.45, 2.75) is 68.7 Å². The first-order valence-electron chi connectivity index (χ1n) is 14.0. The van der Waals surface area contributed by atoms with Crippen LogP contribution in [0.5, 0.6) is 17.2 Å².